The monoisotopic (exact) mass is 335 g/mol. The molecule has 0 bridgehead atoms. The average Bonchev–Trinajstić information content (AvgIpc) is 2.45. The third kappa shape index (κ3) is 3.45. The van der Waals surface area contributed by atoms with Crippen molar-refractivity contribution >= 4 is 21.6 Å². The molecule has 0 spiro atoms. The third-order valence-electron chi connectivity index (χ3n) is 3.05. The van der Waals surface area contributed by atoms with Crippen molar-refractivity contribution in [2.24, 2.45) is 0 Å². The minimum absolute atomic E-state index is 0.621. The molecule has 0 amide bonds. The van der Waals surface area contributed by atoms with E-state index in [-0.39, 0.29) is 0 Å². The van der Waals surface area contributed by atoms with Gasteiger partial charge in [-0.25, -0.2) is 0 Å². The van der Waals surface area contributed by atoms with Gasteiger partial charge in [0.05, 0.1) is 18.2 Å². The van der Waals surface area contributed by atoms with E-state index in [9.17, 15) is 0 Å². The SMILES string of the molecule is CCOc1cc(N)c(Cc2ccc(OC)cc2)cc1Br. The second kappa shape index (κ2) is 6.66. The van der Waals surface area contributed by atoms with Crippen LogP contribution < -0.4 is 15.2 Å². The smallest absolute Gasteiger partial charge is 0.135 e. The van der Waals surface area contributed by atoms with Gasteiger partial charge in [0.1, 0.15) is 11.5 Å². The second-order valence-corrected chi connectivity index (χ2v) is 5.29. The molecule has 0 aliphatic heterocycles. The van der Waals surface area contributed by atoms with Crippen LogP contribution in [0.5, 0.6) is 11.5 Å². The maximum atomic E-state index is 6.10. The number of anilines is 1. The van der Waals surface area contributed by atoms with Gasteiger partial charge in [0.2, 0.25) is 0 Å². The summed E-state index contributed by atoms with van der Waals surface area (Å²) in [6.45, 7) is 2.57. The first-order chi connectivity index (χ1) is 9.63. The molecule has 2 aromatic carbocycles. The van der Waals surface area contributed by atoms with E-state index in [4.69, 9.17) is 15.2 Å². The van der Waals surface area contributed by atoms with Gasteiger partial charge in [0.15, 0.2) is 0 Å². The molecular weight excluding hydrogens is 318 g/mol. The van der Waals surface area contributed by atoms with Crippen LogP contribution >= 0.6 is 15.9 Å². The van der Waals surface area contributed by atoms with Crippen molar-refractivity contribution in [2.45, 2.75) is 13.3 Å². The molecule has 3 nitrogen and oxygen atoms in total. The van der Waals surface area contributed by atoms with Gasteiger partial charge in [-0.1, -0.05) is 12.1 Å². The van der Waals surface area contributed by atoms with Crippen LogP contribution in [-0.4, -0.2) is 13.7 Å². The summed E-state index contributed by atoms with van der Waals surface area (Å²) in [7, 11) is 1.66. The van der Waals surface area contributed by atoms with Crippen LogP contribution in [0, 0.1) is 0 Å². The predicted molar refractivity (Wildman–Crippen MR) is 85.5 cm³/mol. The normalized spacial score (nSPS) is 10.3. The molecule has 0 aliphatic carbocycles. The first kappa shape index (κ1) is 14.7. The molecule has 2 N–H and O–H groups in total. The second-order valence-electron chi connectivity index (χ2n) is 4.44. The number of halogens is 1. The van der Waals surface area contributed by atoms with Crippen LogP contribution in [0.3, 0.4) is 0 Å². The summed E-state index contributed by atoms with van der Waals surface area (Å²) in [5.74, 6) is 1.64. The van der Waals surface area contributed by atoms with E-state index in [0.29, 0.717) is 6.61 Å². The van der Waals surface area contributed by atoms with E-state index in [0.717, 1.165) is 33.6 Å². The maximum Gasteiger partial charge on any atom is 0.135 e. The molecule has 0 aliphatic rings. The number of hydrogen-bond donors (Lipinski definition) is 1. The molecule has 0 aromatic heterocycles. The molecule has 20 heavy (non-hydrogen) atoms. The lowest BCUT2D eigenvalue weighted by Gasteiger charge is -2.11. The predicted octanol–water partition coefficient (Wildman–Crippen LogP) is 4.03. The van der Waals surface area contributed by atoms with Crippen molar-refractivity contribution < 1.29 is 9.47 Å². The number of hydrogen-bond acceptors (Lipinski definition) is 3. The molecule has 2 rings (SSSR count). The Hall–Kier alpha value is -1.68. The van der Waals surface area contributed by atoms with Crippen molar-refractivity contribution in [3.05, 3.63) is 52.0 Å². The largest absolute Gasteiger partial charge is 0.497 e. The highest BCUT2D eigenvalue weighted by Gasteiger charge is 2.08. The number of methoxy groups -OCH3 is 1. The molecule has 2 aromatic rings. The standard InChI is InChI=1S/C16H18BrNO2/c1-3-20-16-10-15(18)12(9-14(16)17)8-11-4-6-13(19-2)7-5-11/h4-7,9-10H,3,8,18H2,1-2H3. The lowest BCUT2D eigenvalue weighted by Crippen LogP contribution is -1.99. The van der Waals surface area contributed by atoms with Gasteiger partial charge in [-0.15, -0.1) is 0 Å². The van der Waals surface area contributed by atoms with E-state index < -0.39 is 0 Å². The zero-order valence-corrected chi connectivity index (χ0v) is 13.2. The van der Waals surface area contributed by atoms with E-state index in [1.807, 2.05) is 43.3 Å². The van der Waals surface area contributed by atoms with Crippen molar-refractivity contribution in [3.63, 3.8) is 0 Å². The van der Waals surface area contributed by atoms with Gasteiger partial charge in [0, 0.05) is 11.8 Å². The van der Waals surface area contributed by atoms with E-state index in [1.54, 1.807) is 7.11 Å². The fraction of sp³-hybridized carbons (Fsp3) is 0.250. The summed E-state index contributed by atoms with van der Waals surface area (Å²) in [6, 6.07) is 11.9. The minimum atomic E-state index is 0.621. The lowest BCUT2D eigenvalue weighted by molar-refractivity contribution is 0.338. The fourth-order valence-corrected chi connectivity index (χ4v) is 2.50. The lowest BCUT2D eigenvalue weighted by atomic mass is 10.0. The topological polar surface area (TPSA) is 44.5 Å². The van der Waals surface area contributed by atoms with Gasteiger partial charge in [0.25, 0.3) is 0 Å². The van der Waals surface area contributed by atoms with Crippen molar-refractivity contribution in [3.8, 4) is 11.5 Å². The van der Waals surface area contributed by atoms with Crippen LogP contribution in [0.25, 0.3) is 0 Å². The van der Waals surface area contributed by atoms with Crippen LogP contribution in [0.2, 0.25) is 0 Å². The molecular formula is C16H18BrNO2. The summed E-state index contributed by atoms with van der Waals surface area (Å²) >= 11 is 3.52. The molecule has 0 atom stereocenters. The summed E-state index contributed by atoms with van der Waals surface area (Å²) in [5.41, 5.74) is 9.10. The highest BCUT2D eigenvalue weighted by molar-refractivity contribution is 9.10. The summed E-state index contributed by atoms with van der Waals surface area (Å²) in [4.78, 5) is 0. The Labute approximate surface area is 127 Å². The van der Waals surface area contributed by atoms with Gasteiger partial charge in [-0.3, -0.25) is 0 Å². The zero-order valence-electron chi connectivity index (χ0n) is 11.7. The van der Waals surface area contributed by atoms with Gasteiger partial charge in [-0.05, 0) is 58.6 Å². The number of nitrogen functional groups attached to an aromatic ring is 1. The summed E-state index contributed by atoms with van der Waals surface area (Å²) in [6.07, 6.45) is 0.779. The van der Waals surface area contributed by atoms with Crippen LogP contribution in [-0.2, 0) is 6.42 Å². The number of rotatable bonds is 5. The van der Waals surface area contributed by atoms with E-state index in [1.165, 1.54) is 5.56 Å². The zero-order chi connectivity index (χ0) is 14.5. The molecule has 0 radical (unpaired) electrons. The molecule has 0 heterocycles. The summed E-state index contributed by atoms with van der Waals surface area (Å²) < 4.78 is 11.6. The van der Waals surface area contributed by atoms with Gasteiger partial charge < -0.3 is 15.2 Å². The van der Waals surface area contributed by atoms with Crippen molar-refractivity contribution in [1.82, 2.24) is 0 Å². The maximum absolute atomic E-state index is 6.10. The Balaban J connectivity index is 2.22. The third-order valence-corrected chi connectivity index (χ3v) is 3.67. The molecule has 0 fully saturated rings. The quantitative estimate of drug-likeness (QED) is 0.839. The highest BCUT2D eigenvalue weighted by Crippen LogP contribution is 2.31. The Kier molecular flexibility index (Phi) is 4.90. The van der Waals surface area contributed by atoms with E-state index >= 15 is 0 Å². The highest BCUT2D eigenvalue weighted by atomic mass is 79.9. The number of benzene rings is 2. The van der Waals surface area contributed by atoms with Crippen LogP contribution in [0.1, 0.15) is 18.1 Å². The molecule has 106 valence electrons. The summed E-state index contributed by atoms with van der Waals surface area (Å²) in [5, 5.41) is 0. The van der Waals surface area contributed by atoms with Gasteiger partial charge >= 0.3 is 0 Å². The number of nitrogens with two attached hydrogens (primary N) is 1. The Morgan fingerprint density at radius 2 is 1.85 bits per heavy atom. The minimum Gasteiger partial charge on any atom is -0.497 e. The molecule has 0 saturated heterocycles. The van der Waals surface area contributed by atoms with Crippen molar-refractivity contribution in [2.75, 3.05) is 19.5 Å². The fourth-order valence-electron chi connectivity index (χ4n) is 1.99. The first-order valence-electron chi connectivity index (χ1n) is 6.47. The van der Waals surface area contributed by atoms with Crippen molar-refractivity contribution in [1.29, 1.82) is 0 Å². The number of ether oxygens (including phenoxy) is 2. The Morgan fingerprint density at radius 3 is 2.45 bits per heavy atom. The average molecular weight is 336 g/mol. The first-order valence-corrected chi connectivity index (χ1v) is 7.27. The van der Waals surface area contributed by atoms with Crippen LogP contribution in [0.4, 0.5) is 5.69 Å². The molecule has 4 heteroatoms. The molecule has 0 unspecified atom stereocenters. The Morgan fingerprint density at radius 1 is 1.15 bits per heavy atom. The van der Waals surface area contributed by atoms with Gasteiger partial charge in [-0.2, -0.15) is 0 Å². The van der Waals surface area contributed by atoms with Crippen LogP contribution in [0.15, 0.2) is 40.9 Å². The Bertz CT molecular complexity index is 582. The molecule has 0 saturated carbocycles. The van der Waals surface area contributed by atoms with E-state index in [2.05, 4.69) is 15.9 Å².